The number of aromatic hydroxyl groups is 1. The maximum atomic E-state index is 12.7. The molecule has 3 rings (SSSR count). The lowest BCUT2D eigenvalue weighted by atomic mass is 9.99. The summed E-state index contributed by atoms with van der Waals surface area (Å²) in [5.41, 5.74) is 7.87. The van der Waals surface area contributed by atoms with Gasteiger partial charge in [0, 0.05) is 22.7 Å². The fraction of sp³-hybridized carbons (Fsp3) is 0.333. The lowest BCUT2D eigenvalue weighted by Gasteiger charge is -2.26. The SMILES string of the molecule is CC(=N)N1C(=N)[C@H](CC(=O)NCCCCCN)N=C(c2ccc(Cl)cc2)c2cc(O)ccc21. The first-order chi connectivity index (χ1) is 15.8. The summed E-state index contributed by atoms with van der Waals surface area (Å²) in [5.74, 6) is -0.0327. The van der Waals surface area contributed by atoms with Crippen molar-refractivity contribution in [1.29, 1.82) is 10.8 Å². The number of phenols is 1. The van der Waals surface area contributed by atoms with Crippen LogP contribution in [0.1, 0.15) is 43.7 Å². The molecule has 0 saturated heterocycles. The lowest BCUT2D eigenvalue weighted by molar-refractivity contribution is -0.121. The van der Waals surface area contributed by atoms with Gasteiger partial charge in [-0.3, -0.25) is 25.5 Å². The van der Waals surface area contributed by atoms with Gasteiger partial charge in [0.05, 0.1) is 17.8 Å². The van der Waals surface area contributed by atoms with Gasteiger partial charge in [-0.05, 0) is 56.6 Å². The number of fused-ring (bicyclic) bond motifs is 1. The molecule has 0 fully saturated rings. The largest absolute Gasteiger partial charge is 0.508 e. The second-order valence-corrected chi connectivity index (χ2v) is 8.35. The molecule has 1 heterocycles. The van der Waals surface area contributed by atoms with Crippen molar-refractivity contribution >= 4 is 40.6 Å². The number of phenolic OH excluding ortho intramolecular Hbond substituents is 1. The van der Waals surface area contributed by atoms with Crippen LogP contribution in [0.2, 0.25) is 5.02 Å². The molecule has 8 nitrogen and oxygen atoms in total. The number of benzodiazepines with no additional fused rings is 1. The quantitative estimate of drug-likeness (QED) is 0.229. The Balaban J connectivity index is 1.99. The number of aliphatic imine (C=N–C) groups is 1. The third kappa shape index (κ3) is 5.97. The number of unbranched alkanes of at least 4 members (excludes halogenated alkanes) is 2. The molecule has 1 amide bonds. The minimum atomic E-state index is -0.811. The van der Waals surface area contributed by atoms with Crippen molar-refractivity contribution in [3.63, 3.8) is 0 Å². The number of nitrogens with two attached hydrogens (primary N) is 1. The highest BCUT2D eigenvalue weighted by Gasteiger charge is 2.32. The van der Waals surface area contributed by atoms with Crippen LogP contribution in [0.3, 0.4) is 0 Å². The topological polar surface area (TPSA) is 139 Å². The van der Waals surface area contributed by atoms with Crippen LogP contribution in [0, 0.1) is 10.8 Å². The first-order valence-electron chi connectivity index (χ1n) is 10.9. The van der Waals surface area contributed by atoms with E-state index in [9.17, 15) is 9.90 Å². The number of nitrogens with one attached hydrogen (secondary N) is 3. The molecule has 0 radical (unpaired) electrons. The van der Waals surface area contributed by atoms with E-state index < -0.39 is 6.04 Å². The molecule has 1 aliphatic heterocycles. The molecule has 0 aromatic heterocycles. The Morgan fingerprint density at radius 3 is 2.61 bits per heavy atom. The number of amides is 1. The van der Waals surface area contributed by atoms with Crippen LogP contribution in [0.25, 0.3) is 0 Å². The average molecular weight is 469 g/mol. The van der Waals surface area contributed by atoms with Gasteiger partial charge in [0.15, 0.2) is 0 Å². The highest BCUT2D eigenvalue weighted by molar-refractivity contribution is 6.31. The molecule has 2 aromatic carbocycles. The molecule has 33 heavy (non-hydrogen) atoms. The van der Waals surface area contributed by atoms with Gasteiger partial charge in [-0.2, -0.15) is 0 Å². The van der Waals surface area contributed by atoms with Crippen LogP contribution in [0.5, 0.6) is 5.75 Å². The van der Waals surface area contributed by atoms with Gasteiger partial charge in [0.1, 0.15) is 23.5 Å². The molecular weight excluding hydrogens is 440 g/mol. The zero-order valence-corrected chi connectivity index (χ0v) is 19.3. The van der Waals surface area contributed by atoms with E-state index in [0.29, 0.717) is 35.1 Å². The Morgan fingerprint density at radius 1 is 1.21 bits per heavy atom. The van der Waals surface area contributed by atoms with Crippen LogP contribution in [-0.2, 0) is 4.79 Å². The van der Waals surface area contributed by atoms with Gasteiger partial charge in [0.25, 0.3) is 0 Å². The molecular formula is C24H29ClN6O2. The molecule has 174 valence electrons. The maximum Gasteiger partial charge on any atom is 0.222 e. The van der Waals surface area contributed by atoms with Crippen LogP contribution >= 0.6 is 11.6 Å². The number of amidine groups is 2. The van der Waals surface area contributed by atoms with Crippen molar-refractivity contribution in [2.75, 3.05) is 18.0 Å². The molecule has 1 aliphatic rings. The zero-order valence-electron chi connectivity index (χ0n) is 18.6. The molecule has 0 aliphatic carbocycles. The van der Waals surface area contributed by atoms with E-state index in [0.717, 1.165) is 24.8 Å². The normalized spacial score (nSPS) is 15.5. The molecule has 2 aromatic rings. The highest BCUT2D eigenvalue weighted by atomic mass is 35.5. The number of halogens is 1. The monoisotopic (exact) mass is 468 g/mol. The van der Waals surface area contributed by atoms with E-state index in [2.05, 4.69) is 5.32 Å². The van der Waals surface area contributed by atoms with E-state index in [1.165, 1.54) is 11.0 Å². The Kier molecular flexibility index (Phi) is 8.19. The van der Waals surface area contributed by atoms with E-state index in [4.69, 9.17) is 33.1 Å². The van der Waals surface area contributed by atoms with Gasteiger partial charge in [0.2, 0.25) is 5.91 Å². The van der Waals surface area contributed by atoms with Crippen molar-refractivity contribution < 1.29 is 9.90 Å². The number of carbonyl (C=O) groups is 1. The third-order valence-corrected chi connectivity index (χ3v) is 5.60. The average Bonchev–Trinajstić information content (AvgIpc) is 2.89. The molecule has 1 atom stereocenters. The number of benzene rings is 2. The van der Waals surface area contributed by atoms with Crippen molar-refractivity contribution in [2.24, 2.45) is 10.7 Å². The van der Waals surface area contributed by atoms with Crippen molar-refractivity contribution in [3.8, 4) is 5.75 Å². The Hall–Kier alpha value is -3.23. The fourth-order valence-corrected chi connectivity index (χ4v) is 3.86. The van der Waals surface area contributed by atoms with Crippen LogP contribution < -0.4 is 16.0 Å². The number of anilines is 1. The summed E-state index contributed by atoms with van der Waals surface area (Å²) in [7, 11) is 0. The molecule has 0 spiro atoms. The second-order valence-electron chi connectivity index (χ2n) is 7.91. The summed E-state index contributed by atoms with van der Waals surface area (Å²) in [6.45, 7) is 2.74. The van der Waals surface area contributed by atoms with E-state index in [1.807, 2.05) is 0 Å². The fourth-order valence-electron chi connectivity index (χ4n) is 3.74. The summed E-state index contributed by atoms with van der Waals surface area (Å²) in [6.07, 6.45) is 2.66. The second kappa shape index (κ2) is 11.1. The zero-order chi connectivity index (χ0) is 24.0. The van der Waals surface area contributed by atoms with E-state index in [1.54, 1.807) is 43.3 Å². The third-order valence-electron chi connectivity index (χ3n) is 5.35. The van der Waals surface area contributed by atoms with Gasteiger partial charge in [-0.1, -0.05) is 30.2 Å². The Morgan fingerprint density at radius 2 is 1.94 bits per heavy atom. The molecule has 0 saturated carbocycles. The number of rotatable bonds is 8. The summed E-state index contributed by atoms with van der Waals surface area (Å²) >= 11 is 6.06. The Labute approximate surface area is 198 Å². The van der Waals surface area contributed by atoms with Gasteiger partial charge in [-0.15, -0.1) is 0 Å². The lowest BCUT2D eigenvalue weighted by Crippen LogP contribution is -2.42. The highest BCUT2D eigenvalue weighted by Crippen LogP contribution is 2.32. The number of hydrogen-bond donors (Lipinski definition) is 5. The van der Waals surface area contributed by atoms with Crippen LogP contribution in [0.15, 0.2) is 47.5 Å². The number of hydrogen-bond acceptors (Lipinski definition) is 6. The van der Waals surface area contributed by atoms with Gasteiger partial charge in [-0.25, -0.2) is 0 Å². The standard InChI is InChI=1S/C24H29ClN6O2/c1-15(27)31-21-10-9-18(32)13-19(21)23(16-5-7-17(25)8-6-16)30-20(24(31)28)14-22(33)29-12-4-2-3-11-26/h5-10,13,20,27-28,32H,2-4,11-12,14,26H2,1H3,(H,29,33)/t20-/m0/s1. The first-order valence-corrected chi connectivity index (χ1v) is 11.3. The summed E-state index contributed by atoms with van der Waals surface area (Å²) in [5, 5.41) is 30.7. The molecule has 9 heteroatoms. The predicted octanol–water partition coefficient (Wildman–Crippen LogP) is 3.68. The first kappa shape index (κ1) is 24.4. The minimum Gasteiger partial charge on any atom is -0.508 e. The molecule has 0 bridgehead atoms. The van der Waals surface area contributed by atoms with Crippen molar-refractivity contribution in [3.05, 3.63) is 58.6 Å². The van der Waals surface area contributed by atoms with Crippen molar-refractivity contribution in [2.45, 2.75) is 38.6 Å². The van der Waals surface area contributed by atoms with Gasteiger partial charge >= 0.3 is 0 Å². The van der Waals surface area contributed by atoms with Crippen molar-refractivity contribution in [1.82, 2.24) is 5.32 Å². The van der Waals surface area contributed by atoms with Crippen LogP contribution in [0.4, 0.5) is 5.69 Å². The van der Waals surface area contributed by atoms with E-state index in [-0.39, 0.29) is 29.7 Å². The summed E-state index contributed by atoms with van der Waals surface area (Å²) in [6, 6.07) is 11.0. The number of nitrogens with zero attached hydrogens (tertiary/aromatic N) is 2. The van der Waals surface area contributed by atoms with Crippen LogP contribution in [-0.4, -0.2) is 47.5 Å². The number of carbonyl (C=O) groups excluding carboxylic acids is 1. The van der Waals surface area contributed by atoms with E-state index >= 15 is 0 Å². The maximum absolute atomic E-state index is 12.7. The minimum absolute atomic E-state index is 0.0247. The summed E-state index contributed by atoms with van der Waals surface area (Å²) in [4.78, 5) is 18.9. The smallest absolute Gasteiger partial charge is 0.222 e. The molecule has 0 unspecified atom stereocenters. The Bertz CT molecular complexity index is 1070. The molecule has 6 N–H and O–H groups in total. The van der Waals surface area contributed by atoms with Gasteiger partial charge < -0.3 is 16.2 Å². The summed E-state index contributed by atoms with van der Waals surface area (Å²) < 4.78 is 0. The predicted molar refractivity (Wildman–Crippen MR) is 133 cm³/mol.